The molecule has 0 aliphatic rings. The number of carbonyl (C=O) groups is 2. The summed E-state index contributed by atoms with van der Waals surface area (Å²) in [6.45, 7) is 4.48. The topological polar surface area (TPSA) is 64.6 Å². The van der Waals surface area contributed by atoms with Gasteiger partial charge in [0, 0.05) is 17.6 Å². The molecule has 0 aliphatic heterocycles. The third-order valence-electron chi connectivity index (χ3n) is 3.95. The standard InChI is InChI=1S/C21H27Cl2NO4/c1-15(7-5-9-19(25)27-3)6-4-8-16(2)14-24-21(26)20(23)28-18-12-10-17(22)11-13-18/h5,8-13,15,20H,4,6-7,14H2,1-3H3,(H,24,26). The molecule has 1 amide bonds. The molecule has 0 aliphatic carbocycles. The number of allylic oxidation sites excluding steroid dienone is 2. The first kappa shape index (κ1) is 24.1. The van der Waals surface area contributed by atoms with Crippen LogP contribution in [0, 0.1) is 5.92 Å². The van der Waals surface area contributed by atoms with E-state index in [0.29, 0.717) is 23.2 Å². The number of halogens is 2. The Hall–Kier alpha value is -1.98. The minimum absolute atomic E-state index is 0.337. The van der Waals surface area contributed by atoms with E-state index in [9.17, 15) is 9.59 Å². The summed E-state index contributed by atoms with van der Waals surface area (Å²) in [6.07, 6.45) is 8.05. The van der Waals surface area contributed by atoms with Crippen LogP contribution >= 0.6 is 23.2 Å². The molecule has 2 unspecified atom stereocenters. The second kappa shape index (κ2) is 13.2. The van der Waals surface area contributed by atoms with E-state index in [4.69, 9.17) is 27.9 Å². The second-order valence-corrected chi connectivity index (χ2v) is 7.33. The molecule has 5 nitrogen and oxygen atoms in total. The highest BCUT2D eigenvalue weighted by atomic mass is 35.5. The SMILES string of the molecule is COC(=O)C=CCC(C)CCC=C(C)CNC(=O)C(Cl)Oc1ccc(Cl)cc1. The molecule has 1 aromatic carbocycles. The molecular formula is C21H27Cl2NO4. The summed E-state index contributed by atoms with van der Waals surface area (Å²) in [5.41, 5.74) is -0.0726. The molecule has 0 saturated heterocycles. The summed E-state index contributed by atoms with van der Waals surface area (Å²) in [5, 5.41) is 3.33. The van der Waals surface area contributed by atoms with Crippen molar-refractivity contribution in [2.24, 2.45) is 5.92 Å². The average Bonchev–Trinajstić information content (AvgIpc) is 2.67. The largest absolute Gasteiger partial charge is 0.466 e. The first-order chi connectivity index (χ1) is 13.3. The molecule has 1 aromatic rings. The van der Waals surface area contributed by atoms with E-state index < -0.39 is 11.5 Å². The number of ether oxygens (including phenoxy) is 2. The van der Waals surface area contributed by atoms with Crippen LogP contribution in [-0.4, -0.2) is 31.1 Å². The van der Waals surface area contributed by atoms with Gasteiger partial charge in [0.05, 0.1) is 7.11 Å². The third kappa shape index (κ3) is 10.4. The van der Waals surface area contributed by atoms with Crippen LogP contribution in [0.25, 0.3) is 0 Å². The number of esters is 1. The summed E-state index contributed by atoms with van der Waals surface area (Å²) in [7, 11) is 1.36. The maximum absolute atomic E-state index is 12.0. The molecule has 1 N–H and O–H groups in total. The van der Waals surface area contributed by atoms with Gasteiger partial charge < -0.3 is 14.8 Å². The average molecular weight is 428 g/mol. The molecule has 0 aromatic heterocycles. The lowest BCUT2D eigenvalue weighted by Crippen LogP contribution is -2.35. The van der Waals surface area contributed by atoms with Gasteiger partial charge in [0.2, 0.25) is 5.56 Å². The van der Waals surface area contributed by atoms with Gasteiger partial charge >= 0.3 is 5.97 Å². The van der Waals surface area contributed by atoms with Crippen molar-refractivity contribution in [2.45, 2.75) is 38.7 Å². The van der Waals surface area contributed by atoms with Crippen LogP contribution < -0.4 is 10.1 Å². The van der Waals surface area contributed by atoms with Gasteiger partial charge in [0.1, 0.15) is 5.75 Å². The van der Waals surface area contributed by atoms with E-state index in [0.717, 1.165) is 24.8 Å². The molecule has 1 rings (SSSR count). The fourth-order valence-electron chi connectivity index (χ4n) is 2.26. The van der Waals surface area contributed by atoms with Gasteiger partial charge in [-0.3, -0.25) is 4.79 Å². The van der Waals surface area contributed by atoms with E-state index in [1.165, 1.54) is 13.2 Å². The minimum Gasteiger partial charge on any atom is -0.466 e. The molecular weight excluding hydrogens is 401 g/mol. The predicted molar refractivity (Wildman–Crippen MR) is 113 cm³/mol. The number of rotatable bonds is 11. The Balaban J connectivity index is 2.29. The zero-order chi connectivity index (χ0) is 20.9. The Morgan fingerprint density at radius 2 is 1.93 bits per heavy atom. The molecule has 0 bridgehead atoms. The highest BCUT2D eigenvalue weighted by Gasteiger charge is 2.16. The first-order valence-electron chi connectivity index (χ1n) is 9.06. The number of benzene rings is 1. The lowest BCUT2D eigenvalue weighted by Gasteiger charge is -2.13. The minimum atomic E-state index is -1.12. The zero-order valence-electron chi connectivity index (χ0n) is 16.4. The van der Waals surface area contributed by atoms with Gasteiger partial charge in [-0.05, 0) is 56.4 Å². The van der Waals surface area contributed by atoms with Crippen molar-refractivity contribution in [3.8, 4) is 5.75 Å². The number of hydrogen-bond acceptors (Lipinski definition) is 4. The highest BCUT2D eigenvalue weighted by molar-refractivity contribution is 6.30. The van der Waals surface area contributed by atoms with Crippen molar-refractivity contribution in [3.63, 3.8) is 0 Å². The van der Waals surface area contributed by atoms with Crippen molar-refractivity contribution in [3.05, 3.63) is 53.1 Å². The van der Waals surface area contributed by atoms with Crippen LogP contribution in [0.2, 0.25) is 5.02 Å². The summed E-state index contributed by atoms with van der Waals surface area (Å²) in [6, 6.07) is 6.63. The maximum Gasteiger partial charge on any atom is 0.330 e. The van der Waals surface area contributed by atoms with Gasteiger partial charge in [0.25, 0.3) is 5.91 Å². The molecule has 2 atom stereocenters. The van der Waals surface area contributed by atoms with Crippen LogP contribution in [0.3, 0.4) is 0 Å². The maximum atomic E-state index is 12.0. The molecule has 154 valence electrons. The zero-order valence-corrected chi connectivity index (χ0v) is 17.9. The Bertz CT molecular complexity index is 686. The van der Waals surface area contributed by atoms with E-state index in [1.54, 1.807) is 24.3 Å². The fourth-order valence-corrected chi connectivity index (χ4v) is 2.57. The van der Waals surface area contributed by atoms with Crippen molar-refractivity contribution in [1.29, 1.82) is 0 Å². The van der Waals surface area contributed by atoms with Crippen LogP contribution in [0.5, 0.6) is 5.75 Å². The van der Waals surface area contributed by atoms with Crippen molar-refractivity contribution in [2.75, 3.05) is 13.7 Å². The monoisotopic (exact) mass is 427 g/mol. The van der Waals surface area contributed by atoms with Crippen LogP contribution in [0.15, 0.2) is 48.1 Å². The van der Waals surface area contributed by atoms with Gasteiger partial charge in [0.15, 0.2) is 0 Å². The summed E-state index contributed by atoms with van der Waals surface area (Å²) < 4.78 is 9.93. The Morgan fingerprint density at radius 1 is 1.25 bits per heavy atom. The number of methoxy groups -OCH3 is 1. The Kier molecular flexibility index (Phi) is 11.4. The molecule has 0 fully saturated rings. The van der Waals surface area contributed by atoms with Crippen molar-refractivity contribution in [1.82, 2.24) is 5.32 Å². The Labute approximate surface area is 176 Å². The predicted octanol–water partition coefficient (Wildman–Crippen LogP) is 4.88. The quantitative estimate of drug-likeness (QED) is 0.236. The molecule has 28 heavy (non-hydrogen) atoms. The van der Waals surface area contributed by atoms with E-state index in [-0.39, 0.29) is 5.97 Å². The van der Waals surface area contributed by atoms with Gasteiger partial charge in [-0.15, -0.1) is 0 Å². The third-order valence-corrected chi connectivity index (χ3v) is 4.49. The van der Waals surface area contributed by atoms with Crippen LogP contribution in [0.4, 0.5) is 0 Å². The van der Waals surface area contributed by atoms with Gasteiger partial charge in [-0.1, -0.05) is 47.9 Å². The Morgan fingerprint density at radius 3 is 2.57 bits per heavy atom. The highest BCUT2D eigenvalue weighted by Crippen LogP contribution is 2.18. The van der Waals surface area contributed by atoms with E-state index in [2.05, 4.69) is 23.1 Å². The molecule has 0 spiro atoms. The number of carbonyl (C=O) groups excluding carboxylic acids is 2. The molecule has 0 heterocycles. The lowest BCUT2D eigenvalue weighted by atomic mass is 10.0. The summed E-state index contributed by atoms with van der Waals surface area (Å²) in [5.74, 6) is 0.184. The molecule has 0 radical (unpaired) electrons. The number of nitrogens with one attached hydrogen (secondary N) is 1. The fraction of sp³-hybridized carbons (Fsp3) is 0.429. The lowest BCUT2D eigenvalue weighted by molar-refractivity contribution is -0.134. The normalized spacial score (nSPS) is 13.8. The summed E-state index contributed by atoms with van der Waals surface area (Å²) in [4.78, 5) is 23.0. The molecule has 0 saturated carbocycles. The first-order valence-corrected chi connectivity index (χ1v) is 9.87. The molecule has 7 heteroatoms. The smallest absolute Gasteiger partial charge is 0.330 e. The van der Waals surface area contributed by atoms with Gasteiger partial charge in [-0.2, -0.15) is 0 Å². The van der Waals surface area contributed by atoms with Crippen LogP contribution in [-0.2, 0) is 14.3 Å². The van der Waals surface area contributed by atoms with Crippen LogP contribution in [0.1, 0.15) is 33.1 Å². The second-order valence-electron chi connectivity index (χ2n) is 6.50. The number of hydrogen-bond donors (Lipinski definition) is 1. The number of amides is 1. The van der Waals surface area contributed by atoms with Gasteiger partial charge in [-0.25, -0.2) is 4.79 Å². The van der Waals surface area contributed by atoms with Crippen molar-refractivity contribution >= 4 is 35.1 Å². The summed E-state index contributed by atoms with van der Waals surface area (Å²) >= 11 is 11.8. The van der Waals surface area contributed by atoms with E-state index >= 15 is 0 Å². The van der Waals surface area contributed by atoms with Crippen molar-refractivity contribution < 1.29 is 19.1 Å². The van der Waals surface area contributed by atoms with E-state index in [1.807, 2.05) is 13.0 Å². The number of alkyl halides is 1.